The van der Waals surface area contributed by atoms with Crippen LogP contribution in [0.25, 0.3) is 10.1 Å². The lowest BCUT2D eigenvalue weighted by Crippen LogP contribution is -2.40. The summed E-state index contributed by atoms with van der Waals surface area (Å²) in [6.07, 6.45) is 2.53. The van der Waals surface area contributed by atoms with Crippen LogP contribution in [0.4, 0.5) is 0 Å². The standard InChI is InChI=1S/C18H23N3O5S/c1-10-12(3)27-14-8-20-21(18(24)16(10)14)9-15(22)26-11(2)17(23)19-7-13-5-4-6-25-13/h8,11,13H,4-7,9H2,1-3H3,(H,19,23). The number of thiophene rings is 1. The molecule has 1 aliphatic heterocycles. The van der Waals surface area contributed by atoms with Crippen molar-refractivity contribution < 1.29 is 19.1 Å². The molecule has 2 aromatic rings. The van der Waals surface area contributed by atoms with Gasteiger partial charge in [-0.3, -0.25) is 14.4 Å². The molecule has 1 N–H and O–H groups in total. The highest BCUT2D eigenvalue weighted by molar-refractivity contribution is 7.19. The normalized spacial score (nSPS) is 17.8. The molecule has 3 rings (SSSR count). The van der Waals surface area contributed by atoms with Gasteiger partial charge in [0.2, 0.25) is 0 Å². The summed E-state index contributed by atoms with van der Waals surface area (Å²) in [5.41, 5.74) is 0.563. The van der Waals surface area contributed by atoms with E-state index in [1.54, 1.807) is 6.20 Å². The molecular weight excluding hydrogens is 370 g/mol. The summed E-state index contributed by atoms with van der Waals surface area (Å²) in [7, 11) is 0. The molecule has 9 heteroatoms. The van der Waals surface area contributed by atoms with Crippen molar-refractivity contribution in [2.75, 3.05) is 13.2 Å². The fraction of sp³-hybridized carbons (Fsp3) is 0.556. The van der Waals surface area contributed by atoms with Crippen LogP contribution in [0.3, 0.4) is 0 Å². The van der Waals surface area contributed by atoms with Crippen molar-refractivity contribution in [3.05, 3.63) is 27.0 Å². The van der Waals surface area contributed by atoms with Gasteiger partial charge in [0.1, 0.15) is 6.54 Å². The molecular formula is C18H23N3O5S. The molecule has 0 saturated carbocycles. The van der Waals surface area contributed by atoms with Crippen molar-refractivity contribution in [3.8, 4) is 0 Å². The van der Waals surface area contributed by atoms with Crippen LogP contribution in [0.5, 0.6) is 0 Å². The summed E-state index contributed by atoms with van der Waals surface area (Å²) in [5.74, 6) is -1.08. The number of hydrogen-bond acceptors (Lipinski definition) is 7. The maximum absolute atomic E-state index is 12.6. The first kappa shape index (κ1) is 19.5. The third kappa shape index (κ3) is 4.36. The number of rotatable bonds is 6. The second-order valence-electron chi connectivity index (χ2n) is 6.64. The largest absolute Gasteiger partial charge is 0.451 e. The van der Waals surface area contributed by atoms with Gasteiger partial charge in [-0.25, -0.2) is 4.68 Å². The minimum atomic E-state index is -0.955. The van der Waals surface area contributed by atoms with Crippen LogP contribution in [-0.4, -0.2) is 47.0 Å². The lowest BCUT2D eigenvalue weighted by atomic mass is 10.2. The zero-order valence-corrected chi connectivity index (χ0v) is 16.4. The third-order valence-corrected chi connectivity index (χ3v) is 5.80. The van der Waals surface area contributed by atoms with Gasteiger partial charge in [-0.15, -0.1) is 11.3 Å². The first-order valence-corrected chi connectivity index (χ1v) is 9.73. The predicted octanol–water partition coefficient (Wildman–Crippen LogP) is 1.30. The van der Waals surface area contributed by atoms with Gasteiger partial charge in [-0.05, 0) is 39.2 Å². The van der Waals surface area contributed by atoms with E-state index >= 15 is 0 Å². The molecule has 1 fully saturated rings. The van der Waals surface area contributed by atoms with E-state index in [2.05, 4.69) is 10.4 Å². The van der Waals surface area contributed by atoms with Gasteiger partial charge in [0, 0.05) is 18.0 Å². The maximum Gasteiger partial charge on any atom is 0.328 e. The van der Waals surface area contributed by atoms with E-state index in [4.69, 9.17) is 9.47 Å². The van der Waals surface area contributed by atoms with Gasteiger partial charge >= 0.3 is 5.97 Å². The van der Waals surface area contributed by atoms with E-state index in [0.29, 0.717) is 18.5 Å². The van der Waals surface area contributed by atoms with Crippen molar-refractivity contribution in [1.29, 1.82) is 0 Å². The van der Waals surface area contributed by atoms with Gasteiger partial charge in [0.25, 0.3) is 11.5 Å². The molecule has 2 aromatic heterocycles. The van der Waals surface area contributed by atoms with E-state index in [-0.39, 0.29) is 24.1 Å². The number of fused-ring (bicyclic) bond motifs is 1. The number of ether oxygens (including phenoxy) is 2. The van der Waals surface area contributed by atoms with Crippen LogP contribution >= 0.6 is 11.3 Å². The molecule has 27 heavy (non-hydrogen) atoms. The number of aryl methyl sites for hydroxylation is 2. The van der Waals surface area contributed by atoms with Crippen LogP contribution < -0.4 is 10.9 Å². The fourth-order valence-corrected chi connectivity index (χ4v) is 4.03. The number of hydrogen-bond donors (Lipinski definition) is 1. The Bertz CT molecular complexity index is 914. The molecule has 146 valence electrons. The van der Waals surface area contributed by atoms with E-state index in [0.717, 1.165) is 32.7 Å². The Morgan fingerprint density at radius 1 is 1.48 bits per heavy atom. The van der Waals surface area contributed by atoms with Gasteiger partial charge < -0.3 is 14.8 Å². The second-order valence-corrected chi connectivity index (χ2v) is 7.90. The number of aromatic nitrogens is 2. The van der Waals surface area contributed by atoms with Crippen molar-refractivity contribution in [2.45, 2.75) is 52.4 Å². The van der Waals surface area contributed by atoms with E-state index < -0.39 is 12.1 Å². The Hall–Kier alpha value is -2.26. The van der Waals surface area contributed by atoms with Crippen LogP contribution in [-0.2, 0) is 25.6 Å². The molecule has 0 aliphatic carbocycles. The van der Waals surface area contributed by atoms with Crippen LogP contribution in [0.15, 0.2) is 11.0 Å². The number of esters is 1. The molecule has 1 aliphatic rings. The molecule has 0 spiro atoms. The zero-order chi connectivity index (χ0) is 19.6. The van der Waals surface area contributed by atoms with Gasteiger partial charge in [0.05, 0.1) is 22.4 Å². The average molecular weight is 393 g/mol. The number of carbonyl (C=O) groups excluding carboxylic acids is 2. The second kappa shape index (κ2) is 8.18. The Morgan fingerprint density at radius 2 is 2.26 bits per heavy atom. The Kier molecular flexibility index (Phi) is 5.91. The highest BCUT2D eigenvalue weighted by atomic mass is 32.1. The summed E-state index contributed by atoms with van der Waals surface area (Å²) in [5, 5.41) is 7.33. The minimum Gasteiger partial charge on any atom is -0.451 e. The van der Waals surface area contributed by atoms with Gasteiger partial charge in [0.15, 0.2) is 6.10 Å². The summed E-state index contributed by atoms with van der Waals surface area (Å²) in [4.78, 5) is 37.8. The van der Waals surface area contributed by atoms with Crippen molar-refractivity contribution in [1.82, 2.24) is 15.1 Å². The summed E-state index contributed by atoms with van der Waals surface area (Å²) in [6.45, 7) is 6.07. The molecule has 0 aromatic carbocycles. The summed E-state index contributed by atoms with van der Waals surface area (Å²) < 4.78 is 12.4. The number of amides is 1. The smallest absolute Gasteiger partial charge is 0.328 e. The fourth-order valence-electron chi connectivity index (χ4n) is 3.00. The predicted molar refractivity (Wildman–Crippen MR) is 101 cm³/mol. The van der Waals surface area contributed by atoms with Crippen molar-refractivity contribution in [2.24, 2.45) is 0 Å². The van der Waals surface area contributed by atoms with E-state index in [9.17, 15) is 14.4 Å². The van der Waals surface area contributed by atoms with Crippen LogP contribution in [0, 0.1) is 13.8 Å². The maximum atomic E-state index is 12.6. The van der Waals surface area contributed by atoms with Gasteiger partial charge in [-0.2, -0.15) is 5.10 Å². The highest BCUT2D eigenvalue weighted by Crippen LogP contribution is 2.26. The molecule has 1 saturated heterocycles. The lowest BCUT2D eigenvalue weighted by molar-refractivity contribution is -0.155. The summed E-state index contributed by atoms with van der Waals surface area (Å²) >= 11 is 1.50. The topological polar surface area (TPSA) is 99.5 Å². The van der Waals surface area contributed by atoms with E-state index in [1.807, 2.05) is 13.8 Å². The number of nitrogens with zero attached hydrogens (tertiary/aromatic N) is 2. The first-order valence-electron chi connectivity index (χ1n) is 8.91. The van der Waals surface area contributed by atoms with E-state index in [1.165, 1.54) is 18.3 Å². The Morgan fingerprint density at radius 3 is 2.96 bits per heavy atom. The quantitative estimate of drug-likeness (QED) is 0.743. The average Bonchev–Trinajstić information content (AvgIpc) is 3.24. The number of nitrogens with one attached hydrogen (secondary N) is 1. The lowest BCUT2D eigenvalue weighted by Gasteiger charge is -2.15. The Balaban J connectivity index is 1.59. The van der Waals surface area contributed by atoms with Gasteiger partial charge in [-0.1, -0.05) is 0 Å². The summed E-state index contributed by atoms with van der Waals surface area (Å²) in [6, 6.07) is 0. The molecule has 2 unspecified atom stereocenters. The Labute approximate surface area is 160 Å². The van der Waals surface area contributed by atoms with Crippen molar-refractivity contribution in [3.63, 3.8) is 0 Å². The zero-order valence-electron chi connectivity index (χ0n) is 15.6. The molecule has 0 radical (unpaired) electrons. The minimum absolute atomic E-state index is 0.0173. The monoisotopic (exact) mass is 393 g/mol. The molecule has 2 atom stereocenters. The molecule has 8 nitrogen and oxygen atoms in total. The number of carbonyl (C=O) groups is 2. The van der Waals surface area contributed by atoms with Crippen LogP contribution in [0.2, 0.25) is 0 Å². The third-order valence-electron chi connectivity index (χ3n) is 4.66. The molecule has 1 amide bonds. The van der Waals surface area contributed by atoms with Crippen LogP contribution in [0.1, 0.15) is 30.2 Å². The van der Waals surface area contributed by atoms with Crippen molar-refractivity contribution >= 4 is 33.3 Å². The molecule has 3 heterocycles. The molecule has 0 bridgehead atoms. The first-order chi connectivity index (χ1) is 12.9. The highest BCUT2D eigenvalue weighted by Gasteiger charge is 2.22. The SMILES string of the molecule is Cc1sc2cnn(CC(=O)OC(C)C(=O)NCC3CCCO3)c(=O)c2c1C.